The Morgan fingerprint density at radius 1 is 1.25 bits per heavy atom. The summed E-state index contributed by atoms with van der Waals surface area (Å²) in [5, 5.41) is 3.47. The number of pyridine rings is 1. The largest absolute Gasteiger partial charge is 0.353 e. The van der Waals surface area contributed by atoms with Gasteiger partial charge in [0.15, 0.2) is 0 Å². The molecule has 0 spiro atoms. The van der Waals surface area contributed by atoms with Gasteiger partial charge in [0, 0.05) is 25.3 Å². The Morgan fingerprint density at radius 3 is 2.65 bits per heavy atom. The maximum absolute atomic E-state index is 4.79. The third-order valence-corrected chi connectivity index (χ3v) is 3.24. The molecule has 3 heteroatoms. The number of nitrogens with zero attached hydrogens (tertiary/aromatic N) is 2. The molecule has 0 bridgehead atoms. The lowest BCUT2D eigenvalue weighted by atomic mass is 10.1. The van der Waals surface area contributed by atoms with Gasteiger partial charge < -0.3 is 10.2 Å². The topological polar surface area (TPSA) is 28.2 Å². The Kier molecular flexibility index (Phi) is 7.97. The Bertz CT molecular complexity index is 401. The minimum atomic E-state index is 0.848. The molecule has 0 saturated heterocycles. The summed E-state index contributed by atoms with van der Waals surface area (Å²) in [6.07, 6.45) is 5.27. The molecule has 0 fully saturated rings. The minimum absolute atomic E-state index is 0.848. The van der Waals surface area contributed by atoms with Crippen molar-refractivity contribution in [3.63, 3.8) is 0 Å². The van der Waals surface area contributed by atoms with Crippen molar-refractivity contribution in [1.82, 2.24) is 10.3 Å². The summed E-state index contributed by atoms with van der Waals surface area (Å²) >= 11 is 0. The smallest absolute Gasteiger partial charge is 0.129 e. The fourth-order valence-electron chi connectivity index (χ4n) is 2.23. The van der Waals surface area contributed by atoms with Crippen molar-refractivity contribution in [2.75, 3.05) is 24.5 Å². The van der Waals surface area contributed by atoms with E-state index in [9.17, 15) is 0 Å². The zero-order valence-corrected chi connectivity index (χ0v) is 13.3. The van der Waals surface area contributed by atoms with Crippen molar-refractivity contribution in [3.8, 4) is 0 Å². The van der Waals surface area contributed by atoms with Crippen molar-refractivity contribution in [2.45, 2.75) is 46.6 Å². The van der Waals surface area contributed by atoms with Crippen LogP contribution in [0.1, 0.15) is 44.9 Å². The van der Waals surface area contributed by atoms with E-state index in [4.69, 9.17) is 4.98 Å². The lowest BCUT2D eigenvalue weighted by molar-refractivity contribution is 0.673. The third-order valence-electron chi connectivity index (χ3n) is 3.24. The van der Waals surface area contributed by atoms with E-state index < -0.39 is 0 Å². The van der Waals surface area contributed by atoms with Crippen LogP contribution in [0.25, 0.3) is 0 Å². The quantitative estimate of drug-likeness (QED) is 0.523. The van der Waals surface area contributed by atoms with Gasteiger partial charge in [-0.3, -0.25) is 0 Å². The molecule has 0 aromatic carbocycles. The molecule has 0 amide bonds. The van der Waals surface area contributed by atoms with Crippen LogP contribution in [0, 0.1) is 0 Å². The number of nitrogens with one attached hydrogen (secondary N) is 1. The number of hydrogen-bond acceptors (Lipinski definition) is 3. The molecule has 0 aliphatic rings. The highest BCUT2D eigenvalue weighted by Crippen LogP contribution is 2.16. The Hall–Kier alpha value is -1.35. The zero-order valence-electron chi connectivity index (χ0n) is 13.3. The molecule has 1 heterocycles. The number of anilines is 1. The maximum atomic E-state index is 4.79. The first-order valence-electron chi connectivity index (χ1n) is 7.81. The van der Waals surface area contributed by atoms with Crippen LogP contribution in [0.5, 0.6) is 0 Å². The van der Waals surface area contributed by atoms with E-state index in [0.29, 0.717) is 0 Å². The van der Waals surface area contributed by atoms with E-state index in [0.717, 1.165) is 51.3 Å². The summed E-state index contributed by atoms with van der Waals surface area (Å²) in [7, 11) is 0. The van der Waals surface area contributed by atoms with Crippen molar-refractivity contribution in [2.24, 2.45) is 0 Å². The molecule has 1 aromatic rings. The van der Waals surface area contributed by atoms with Crippen LogP contribution in [-0.2, 0) is 13.0 Å². The Balaban J connectivity index is 2.93. The lowest BCUT2D eigenvalue weighted by Gasteiger charge is -2.22. The van der Waals surface area contributed by atoms with Crippen molar-refractivity contribution in [3.05, 3.63) is 36.0 Å². The number of likely N-dealkylation sites (N-methyl/N-ethyl adjacent to an activating group) is 1. The van der Waals surface area contributed by atoms with Crippen molar-refractivity contribution >= 4 is 5.82 Å². The highest BCUT2D eigenvalue weighted by molar-refractivity contribution is 5.43. The van der Waals surface area contributed by atoms with Gasteiger partial charge >= 0.3 is 0 Å². The van der Waals surface area contributed by atoms with Gasteiger partial charge in [-0.05, 0) is 44.0 Å². The van der Waals surface area contributed by atoms with Gasteiger partial charge in [0.2, 0.25) is 0 Å². The summed E-state index contributed by atoms with van der Waals surface area (Å²) in [6.45, 7) is 14.2. The molecule has 0 unspecified atom stereocenters. The van der Waals surface area contributed by atoms with Gasteiger partial charge in [-0.2, -0.15) is 0 Å². The number of aryl methyl sites for hydroxylation is 1. The number of rotatable bonds is 10. The Morgan fingerprint density at radius 2 is 2.05 bits per heavy atom. The van der Waals surface area contributed by atoms with E-state index in [-0.39, 0.29) is 0 Å². The fourth-order valence-corrected chi connectivity index (χ4v) is 2.23. The molecule has 1 rings (SSSR count). The second-order valence-electron chi connectivity index (χ2n) is 5.08. The van der Waals surface area contributed by atoms with Crippen molar-refractivity contribution in [1.29, 1.82) is 0 Å². The average molecular weight is 275 g/mol. The second-order valence-corrected chi connectivity index (χ2v) is 5.08. The van der Waals surface area contributed by atoms with Crippen LogP contribution in [-0.4, -0.2) is 24.6 Å². The standard InChI is InChI=1S/C17H29N3/c1-5-9-16-12-15(14-18-10-6-2)13-17(19-16)20(8-4)11-7-3/h7,12-13,18H,3,5-6,8-11,14H2,1-2,4H3. The predicted molar refractivity (Wildman–Crippen MR) is 88.3 cm³/mol. The summed E-state index contributed by atoms with van der Waals surface area (Å²) in [4.78, 5) is 7.05. The van der Waals surface area contributed by atoms with Crippen LogP contribution < -0.4 is 10.2 Å². The summed E-state index contributed by atoms with van der Waals surface area (Å²) in [5.41, 5.74) is 2.52. The van der Waals surface area contributed by atoms with Crippen LogP contribution in [0.15, 0.2) is 24.8 Å². The monoisotopic (exact) mass is 275 g/mol. The molecule has 112 valence electrons. The van der Waals surface area contributed by atoms with Gasteiger partial charge in [-0.25, -0.2) is 4.98 Å². The fraction of sp³-hybridized carbons (Fsp3) is 0.588. The molecular formula is C17H29N3. The highest BCUT2D eigenvalue weighted by Gasteiger charge is 2.08. The van der Waals surface area contributed by atoms with E-state index in [1.54, 1.807) is 0 Å². The lowest BCUT2D eigenvalue weighted by Crippen LogP contribution is -2.24. The van der Waals surface area contributed by atoms with Crippen LogP contribution >= 0.6 is 0 Å². The van der Waals surface area contributed by atoms with Gasteiger partial charge in [0.1, 0.15) is 5.82 Å². The molecule has 1 aromatic heterocycles. The van der Waals surface area contributed by atoms with Crippen LogP contribution in [0.4, 0.5) is 5.82 Å². The van der Waals surface area contributed by atoms with Crippen LogP contribution in [0.2, 0.25) is 0 Å². The maximum Gasteiger partial charge on any atom is 0.129 e. The van der Waals surface area contributed by atoms with E-state index in [1.165, 1.54) is 11.3 Å². The van der Waals surface area contributed by atoms with Crippen LogP contribution in [0.3, 0.4) is 0 Å². The Labute approximate surface area is 124 Å². The average Bonchev–Trinajstić information content (AvgIpc) is 2.45. The second kappa shape index (κ2) is 9.54. The zero-order chi connectivity index (χ0) is 14.8. The molecule has 0 aliphatic heterocycles. The summed E-state index contributed by atoms with van der Waals surface area (Å²) < 4.78 is 0. The van der Waals surface area contributed by atoms with E-state index >= 15 is 0 Å². The molecule has 1 N–H and O–H groups in total. The van der Waals surface area contributed by atoms with E-state index in [1.807, 2.05) is 6.08 Å². The SMILES string of the molecule is C=CCN(CC)c1cc(CNCCC)cc(CCC)n1. The third kappa shape index (κ3) is 5.33. The van der Waals surface area contributed by atoms with Gasteiger partial charge in [0.05, 0.1) is 0 Å². The summed E-state index contributed by atoms with van der Waals surface area (Å²) in [6, 6.07) is 4.44. The molecule has 20 heavy (non-hydrogen) atoms. The molecule has 0 aliphatic carbocycles. The first kappa shape index (κ1) is 16.7. The van der Waals surface area contributed by atoms with Gasteiger partial charge in [0.25, 0.3) is 0 Å². The summed E-state index contributed by atoms with van der Waals surface area (Å²) in [5.74, 6) is 1.08. The normalized spacial score (nSPS) is 10.6. The number of aromatic nitrogens is 1. The van der Waals surface area contributed by atoms with Gasteiger partial charge in [-0.1, -0.05) is 26.3 Å². The molecule has 0 atom stereocenters. The van der Waals surface area contributed by atoms with E-state index in [2.05, 4.69) is 49.7 Å². The first-order valence-corrected chi connectivity index (χ1v) is 7.81. The first-order chi connectivity index (χ1) is 9.74. The van der Waals surface area contributed by atoms with Crippen molar-refractivity contribution < 1.29 is 0 Å². The predicted octanol–water partition coefficient (Wildman–Crippen LogP) is 3.55. The molecular weight excluding hydrogens is 246 g/mol. The molecule has 0 radical (unpaired) electrons. The molecule has 0 saturated carbocycles. The highest BCUT2D eigenvalue weighted by atomic mass is 15.2. The minimum Gasteiger partial charge on any atom is -0.353 e. The molecule has 3 nitrogen and oxygen atoms in total. The number of hydrogen-bond donors (Lipinski definition) is 1. The van der Waals surface area contributed by atoms with Gasteiger partial charge in [-0.15, -0.1) is 6.58 Å².